The summed E-state index contributed by atoms with van der Waals surface area (Å²) in [7, 11) is 3.62. The molecule has 4 rings (SSSR count). The number of ether oxygens (including phenoxy) is 3. The molecule has 164 valence electrons. The van der Waals surface area contributed by atoms with Gasteiger partial charge in [0.2, 0.25) is 0 Å². The lowest BCUT2D eigenvalue weighted by molar-refractivity contribution is 0.0747. The molecule has 2 heterocycles. The minimum absolute atomic E-state index is 0.261. The minimum Gasteiger partial charge on any atom is -0.493 e. The zero-order chi connectivity index (χ0) is 20.9. The molecule has 2 saturated heterocycles. The van der Waals surface area contributed by atoms with Crippen molar-refractivity contribution in [1.82, 2.24) is 4.90 Å². The van der Waals surface area contributed by atoms with Gasteiger partial charge in [0, 0.05) is 32.5 Å². The number of methoxy groups -OCH3 is 1. The van der Waals surface area contributed by atoms with Crippen LogP contribution in [-0.4, -0.2) is 69.7 Å². The lowest BCUT2D eigenvalue weighted by Crippen LogP contribution is -2.33. The van der Waals surface area contributed by atoms with Gasteiger partial charge in [-0.3, -0.25) is 0 Å². The van der Waals surface area contributed by atoms with Gasteiger partial charge in [0.05, 0.1) is 7.11 Å². The molecular formula is C24H34N2O4. The van der Waals surface area contributed by atoms with E-state index in [9.17, 15) is 5.11 Å². The Balaban J connectivity index is 1.58. The number of β-amino-alcohol motifs (C(OH)–C–C–N with tert-alkyl or cyclic N) is 1. The quantitative estimate of drug-likeness (QED) is 0.688. The summed E-state index contributed by atoms with van der Waals surface area (Å²) in [6.45, 7) is 4.67. The summed E-state index contributed by atoms with van der Waals surface area (Å²) in [5.41, 5.74) is 2.42. The third kappa shape index (κ3) is 4.82. The van der Waals surface area contributed by atoms with Crippen molar-refractivity contribution in [3.8, 4) is 11.5 Å². The fraction of sp³-hybridized carbons (Fsp3) is 0.583. The number of fused-ring (bicyclic) bond motifs is 1. The second-order valence-corrected chi connectivity index (χ2v) is 8.40. The molecule has 6 nitrogen and oxygen atoms in total. The van der Waals surface area contributed by atoms with Crippen LogP contribution in [0.5, 0.6) is 11.5 Å². The number of likely N-dealkylation sites (tertiary alicyclic amines) is 1. The predicted molar refractivity (Wildman–Crippen MR) is 120 cm³/mol. The fourth-order valence-electron chi connectivity index (χ4n) is 4.66. The highest BCUT2D eigenvalue weighted by molar-refractivity contribution is 5.92. The third-order valence-electron chi connectivity index (χ3n) is 6.32. The molecule has 2 aliphatic heterocycles. The lowest BCUT2D eigenvalue weighted by Gasteiger charge is -2.25. The average Bonchev–Trinajstić information content (AvgIpc) is 3.29. The van der Waals surface area contributed by atoms with Gasteiger partial charge in [0.1, 0.15) is 12.7 Å². The molecule has 2 fully saturated rings. The molecule has 6 heteroatoms. The summed E-state index contributed by atoms with van der Waals surface area (Å²) < 4.78 is 17.3. The van der Waals surface area contributed by atoms with E-state index in [-0.39, 0.29) is 6.61 Å². The number of aliphatic hydroxyl groups is 1. The molecule has 0 unspecified atom stereocenters. The van der Waals surface area contributed by atoms with Crippen LogP contribution in [0.2, 0.25) is 0 Å². The molecule has 0 aromatic heterocycles. The van der Waals surface area contributed by atoms with Crippen LogP contribution in [0.4, 0.5) is 5.69 Å². The largest absolute Gasteiger partial charge is 0.493 e. The summed E-state index contributed by atoms with van der Waals surface area (Å²) in [6.07, 6.45) is 3.99. The molecule has 0 spiro atoms. The Labute approximate surface area is 179 Å². The smallest absolute Gasteiger partial charge is 0.161 e. The Hall–Kier alpha value is -2.02. The molecule has 30 heavy (non-hydrogen) atoms. The van der Waals surface area contributed by atoms with Gasteiger partial charge < -0.3 is 29.5 Å². The number of hydrogen-bond donors (Lipinski definition) is 2. The van der Waals surface area contributed by atoms with E-state index in [0.29, 0.717) is 24.0 Å². The highest BCUT2D eigenvalue weighted by Crippen LogP contribution is 2.40. The van der Waals surface area contributed by atoms with E-state index in [1.165, 1.54) is 23.8 Å². The number of anilines is 1. The Morgan fingerprint density at radius 3 is 2.60 bits per heavy atom. The van der Waals surface area contributed by atoms with E-state index in [1.807, 2.05) is 13.1 Å². The number of nitrogens with zero attached hydrogens (tertiary/aromatic N) is 1. The Bertz CT molecular complexity index is 845. The van der Waals surface area contributed by atoms with Crippen LogP contribution in [0.15, 0.2) is 24.3 Å². The highest BCUT2D eigenvalue weighted by Gasteiger charge is 2.21. The molecule has 2 N–H and O–H groups in total. The monoisotopic (exact) mass is 414 g/mol. The number of aliphatic hydroxyl groups excluding tert-OH is 1. The molecule has 2 aliphatic rings. The highest BCUT2D eigenvalue weighted by atomic mass is 16.5. The van der Waals surface area contributed by atoms with Gasteiger partial charge in [-0.25, -0.2) is 0 Å². The zero-order valence-electron chi connectivity index (χ0n) is 18.2. The summed E-state index contributed by atoms with van der Waals surface area (Å²) in [5.74, 6) is 1.87. The molecule has 2 aromatic carbocycles. The summed E-state index contributed by atoms with van der Waals surface area (Å²) in [5, 5.41) is 16.0. The number of benzene rings is 2. The molecule has 0 radical (unpaired) electrons. The predicted octanol–water partition coefficient (Wildman–Crippen LogP) is 3.62. The summed E-state index contributed by atoms with van der Waals surface area (Å²) in [6, 6.07) is 8.52. The summed E-state index contributed by atoms with van der Waals surface area (Å²) >= 11 is 0. The normalized spacial score (nSPS) is 19.2. The molecule has 0 bridgehead atoms. The van der Waals surface area contributed by atoms with Crippen molar-refractivity contribution in [1.29, 1.82) is 0 Å². The van der Waals surface area contributed by atoms with Gasteiger partial charge in [-0.1, -0.05) is 0 Å². The maximum Gasteiger partial charge on any atom is 0.161 e. The number of nitrogens with one attached hydrogen (secondary N) is 1. The van der Waals surface area contributed by atoms with Crippen LogP contribution in [0.1, 0.15) is 37.2 Å². The van der Waals surface area contributed by atoms with Gasteiger partial charge in [-0.05, 0) is 85.3 Å². The van der Waals surface area contributed by atoms with E-state index in [1.54, 1.807) is 7.11 Å². The van der Waals surface area contributed by atoms with Crippen LogP contribution in [-0.2, 0) is 4.74 Å². The second-order valence-electron chi connectivity index (χ2n) is 8.40. The first kappa shape index (κ1) is 21.2. The molecule has 2 aromatic rings. The van der Waals surface area contributed by atoms with Gasteiger partial charge in [-0.15, -0.1) is 0 Å². The van der Waals surface area contributed by atoms with E-state index >= 15 is 0 Å². The van der Waals surface area contributed by atoms with Gasteiger partial charge >= 0.3 is 0 Å². The molecule has 1 atom stereocenters. The van der Waals surface area contributed by atoms with Crippen molar-refractivity contribution in [3.05, 3.63) is 29.8 Å². The Morgan fingerprint density at radius 1 is 1.13 bits per heavy atom. The van der Waals surface area contributed by atoms with Gasteiger partial charge in [0.25, 0.3) is 0 Å². The maximum absolute atomic E-state index is 10.4. The van der Waals surface area contributed by atoms with Crippen molar-refractivity contribution in [2.75, 3.05) is 58.9 Å². The number of hydrogen-bond acceptors (Lipinski definition) is 6. The second kappa shape index (κ2) is 9.86. The topological polar surface area (TPSA) is 63.2 Å². The van der Waals surface area contributed by atoms with Crippen molar-refractivity contribution < 1.29 is 19.3 Å². The van der Waals surface area contributed by atoms with Crippen LogP contribution in [0.3, 0.4) is 0 Å². The maximum atomic E-state index is 10.4. The van der Waals surface area contributed by atoms with Gasteiger partial charge in [-0.2, -0.15) is 0 Å². The average molecular weight is 415 g/mol. The standard InChI is InChI=1S/C24H34N2O4/c1-25-19-11-18-12-24(30-16-20(27)15-26-7-3-4-8-26)23(28-2)14-22(18)21(13-19)17-5-9-29-10-6-17/h11-14,17,20,25,27H,3-10,15-16H2,1-2H3/t20-/m1/s1. The Morgan fingerprint density at radius 2 is 1.90 bits per heavy atom. The first-order chi connectivity index (χ1) is 14.7. The van der Waals surface area contributed by atoms with E-state index in [4.69, 9.17) is 14.2 Å². The lowest BCUT2D eigenvalue weighted by atomic mass is 9.87. The first-order valence-corrected chi connectivity index (χ1v) is 11.1. The van der Waals surface area contributed by atoms with E-state index < -0.39 is 6.10 Å². The van der Waals surface area contributed by atoms with Crippen LogP contribution in [0, 0.1) is 0 Å². The molecular weight excluding hydrogens is 380 g/mol. The molecule has 0 saturated carbocycles. The van der Waals surface area contributed by atoms with Crippen LogP contribution >= 0.6 is 0 Å². The molecule has 0 amide bonds. The van der Waals surface area contributed by atoms with E-state index in [0.717, 1.165) is 50.2 Å². The fourth-order valence-corrected chi connectivity index (χ4v) is 4.66. The number of rotatable bonds is 8. The van der Waals surface area contributed by atoms with Crippen molar-refractivity contribution in [2.45, 2.75) is 37.7 Å². The SMILES string of the molecule is CNc1cc(C2CCOCC2)c2cc(OC)c(OC[C@H](O)CN3CCCC3)cc2c1. The molecule has 0 aliphatic carbocycles. The van der Waals surface area contributed by atoms with Crippen molar-refractivity contribution in [3.63, 3.8) is 0 Å². The van der Waals surface area contributed by atoms with Crippen LogP contribution < -0.4 is 14.8 Å². The van der Waals surface area contributed by atoms with Crippen molar-refractivity contribution in [2.24, 2.45) is 0 Å². The van der Waals surface area contributed by atoms with Crippen LogP contribution in [0.25, 0.3) is 10.8 Å². The Kier molecular flexibility index (Phi) is 6.97. The van der Waals surface area contributed by atoms with Crippen molar-refractivity contribution >= 4 is 16.5 Å². The minimum atomic E-state index is -0.509. The van der Waals surface area contributed by atoms with E-state index in [2.05, 4.69) is 28.4 Å². The van der Waals surface area contributed by atoms with Gasteiger partial charge in [0.15, 0.2) is 11.5 Å². The third-order valence-corrected chi connectivity index (χ3v) is 6.32. The first-order valence-electron chi connectivity index (χ1n) is 11.1. The zero-order valence-corrected chi connectivity index (χ0v) is 18.2. The summed E-state index contributed by atoms with van der Waals surface area (Å²) in [4.78, 5) is 2.30.